The van der Waals surface area contributed by atoms with E-state index in [0.29, 0.717) is 24.0 Å². The van der Waals surface area contributed by atoms with Crippen molar-refractivity contribution in [2.75, 3.05) is 62.3 Å². The van der Waals surface area contributed by atoms with Gasteiger partial charge < -0.3 is 35.2 Å². The van der Waals surface area contributed by atoms with Crippen molar-refractivity contribution >= 4 is 34.7 Å². The van der Waals surface area contributed by atoms with Gasteiger partial charge in [0.1, 0.15) is 5.82 Å². The van der Waals surface area contributed by atoms with Gasteiger partial charge in [-0.2, -0.15) is 0 Å². The molecule has 11 nitrogen and oxygen atoms in total. The Labute approximate surface area is 228 Å². The molecule has 3 aromatic rings. The maximum atomic E-state index is 13.2. The first-order valence-electron chi connectivity index (χ1n) is 12.7. The van der Waals surface area contributed by atoms with Crippen molar-refractivity contribution in [1.82, 2.24) is 24.8 Å². The van der Waals surface area contributed by atoms with E-state index in [2.05, 4.69) is 57.2 Å². The van der Waals surface area contributed by atoms with Gasteiger partial charge in [-0.1, -0.05) is 0 Å². The summed E-state index contributed by atoms with van der Waals surface area (Å²) in [5, 5.41) is 9.22. The molecule has 0 spiro atoms. The van der Waals surface area contributed by atoms with Crippen LogP contribution in [0.15, 0.2) is 36.0 Å². The molecule has 14 heteroatoms. The molecule has 1 saturated heterocycles. The highest BCUT2D eigenvalue weighted by Gasteiger charge is 2.43. The average Bonchev–Trinajstić information content (AvgIpc) is 3.47. The van der Waals surface area contributed by atoms with Crippen LogP contribution in [0.4, 0.5) is 26.2 Å². The molecule has 208 valence electrons. The molecular weight excluding hydrogens is 530 g/mol. The summed E-state index contributed by atoms with van der Waals surface area (Å²) in [5.41, 5.74) is 2.76. The standard InChI is InChI=1S/C25H30F2N8O3S/c1-34-9-11-35(12-10-34)8-2-6-28-24-29-7-5-18(33-24)15-30-23-21(39-16-31-23)14-22(36)32-17-3-4-19-20(13-17)38-25(26,27)37-19/h3-5,7,13,16,30H,2,6,8-12,14-15H2,1H3,(H,32,36)(H,28,29,33). The Hall–Kier alpha value is -3.62. The van der Waals surface area contributed by atoms with E-state index < -0.39 is 6.29 Å². The fourth-order valence-electron chi connectivity index (χ4n) is 4.25. The first kappa shape index (κ1) is 27.0. The summed E-state index contributed by atoms with van der Waals surface area (Å²) < 4.78 is 35.3. The van der Waals surface area contributed by atoms with Crippen molar-refractivity contribution in [3.05, 3.63) is 46.5 Å². The number of carbonyl (C=O) groups excluding carboxylic acids is 1. The zero-order chi connectivity index (χ0) is 27.2. The Kier molecular flexibility index (Phi) is 8.33. The van der Waals surface area contributed by atoms with Crippen molar-refractivity contribution in [2.45, 2.75) is 25.7 Å². The number of aromatic nitrogens is 3. The molecule has 0 aliphatic carbocycles. The zero-order valence-corrected chi connectivity index (χ0v) is 22.3. The predicted molar refractivity (Wildman–Crippen MR) is 143 cm³/mol. The van der Waals surface area contributed by atoms with E-state index in [4.69, 9.17) is 0 Å². The summed E-state index contributed by atoms with van der Waals surface area (Å²) in [6.07, 6.45) is -0.928. The number of alkyl halides is 2. The van der Waals surface area contributed by atoms with Gasteiger partial charge in [0, 0.05) is 50.7 Å². The van der Waals surface area contributed by atoms with Crippen LogP contribution in [0.5, 0.6) is 11.5 Å². The van der Waals surface area contributed by atoms with Gasteiger partial charge in [0.2, 0.25) is 11.9 Å². The molecule has 2 aliphatic rings. The molecule has 0 radical (unpaired) electrons. The van der Waals surface area contributed by atoms with Gasteiger partial charge in [0.25, 0.3) is 0 Å². The number of amides is 1. The Morgan fingerprint density at radius 2 is 1.92 bits per heavy atom. The van der Waals surface area contributed by atoms with Gasteiger partial charge in [-0.15, -0.1) is 20.1 Å². The minimum absolute atomic E-state index is 0.0570. The van der Waals surface area contributed by atoms with E-state index in [0.717, 1.165) is 56.3 Å². The minimum atomic E-state index is -3.71. The third kappa shape index (κ3) is 7.49. The van der Waals surface area contributed by atoms with Crippen molar-refractivity contribution in [1.29, 1.82) is 0 Å². The molecule has 3 N–H and O–H groups in total. The molecule has 2 aromatic heterocycles. The van der Waals surface area contributed by atoms with Crippen molar-refractivity contribution in [2.24, 2.45) is 0 Å². The number of nitrogens with one attached hydrogen (secondary N) is 3. The lowest BCUT2D eigenvalue weighted by molar-refractivity contribution is -0.286. The van der Waals surface area contributed by atoms with Gasteiger partial charge in [0.05, 0.1) is 29.0 Å². The molecule has 1 fully saturated rings. The SMILES string of the molecule is CN1CCN(CCCNc2nccc(CNc3ncsc3CC(=O)Nc3ccc4c(c3)OC(F)(F)O4)n2)CC1. The molecule has 0 bridgehead atoms. The maximum absolute atomic E-state index is 13.2. The van der Waals surface area contributed by atoms with Gasteiger partial charge >= 0.3 is 6.29 Å². The fraction of sp³-hybridized carbons (Fsp3) is 0.440. The third-order valence-electron chi connectivity index (χ3n) is 6.33. The van der Waals surface area contributed by atoms with E-state index in [1.807, 2.05) is 6.07 Å². The van der Waals surface area contributed by atoms with Crippen molar-refractivity contribution in [3.8, 4) is 11.5 Å². The molecular formula is C25H30F2N8O3S. The summed E-state index contributed by atoms with van der Waals surface area (Å²) in [6.45, 7) is 6.68. The highest BCUT2D eigenvalue weighted by molar-refractivity contribution is 7.10. The van der Waals surface area contributed by atoms with E-state index in [-0.39, 0.29) is 23.8 Å². The lowest BCUT2D eigenvalue weighted by Gasteiger charge is -2.32. The number of piperazine rings is 1. The molecule has 39 heavy (non-hydrogen) atoms. The van der Waals surface area contributed by atoms with Gasteiger partial charge in [-0.05, 0) is 38.2 Å². The number of likely N-dealkylation sites (N-methyl/N-ethyl adjacent to an activating group) is 1. The Morgan fingerprint density at radius 1 is 1.10 bits per heavy atom. The van der Waals surface area contributed by atoms with Gasteiger partial charge in [0.15, 0.2) is 11.5 Å². The zero-order valence-electron chi connectivity index (χ0n) is 21.5. The molecule has 0 atom stereocenters. The number of benzene rings is 1. The second-order valence-corrected chi connectivity index (χ2v) is 10.3. The Bertz CT molecular complexity index is 1290. The van der Waals surface area contributed by atoms with Crippen LogP contribution >= 0.6 is 11.3 Å². The molecule has 1 amide bonds. The van der Waals surface area contributed by atoms with E-state index in [1.165, 1.54) is 29.5 Å². The lowest BCUT2D eigenvalue weighted by Crippen LogP contribution is -2.44. The third-order valence-corrected chi connectivity index (χ3v) is 7.16. The van der Waals surface area contributed by atoms with Crippen LogP contribution in [0.3, 0.4) is 0 Å². The number of thiazole rings is 1. The van der Waals surface area contributed by atoms with Crippen LogP contribution in [-0.4, -0.2) is 83.3 Å². The smallest absolute Gasteiger partial charge is 0.395 e. The number of hydrogen-bond acceptors (Lipinski definition) is 11. The van der Waals surface area contributed by atoms with E-state index >= 15 is 0 Å². The van der Waals surface area contributed by atoms with E-state index in [9.17, 15) is 13.6 Å². The average molecular weight is 561 g/mol. The summed E-state index contributed by atoms with van der Waals surface area (Å²) in [6, 6.07) is 5.92. The normalized spacial score (nSPS) is 16.7. The molecule has 0 saturated carbocycles. The summed E-state index contributed by atoms with van der Waals surface area (Å²) >= 11 is 1.34. The topological polar surface area (TPSA) is 117 Å². The number of anilines is 3. The first-order valence-corrected chi connectivity index (χ1v) is 13.5. The largest absolute Gasteiger partial charge is 0.586 e. The van der Waals surface area contributed by atoms with Crippen molar-refractivity contribution < 1.29 is 23.0 Å². The van der Waals surface area contributed by atoms with Crippen LogP contribution in [0.1, 0.15) is 17.0 Å². The molecule has 0 unspecified atom stereocenters. The molecule has 1 aromatic carbocycles. The molecule has 5 rings (SSSR count). The van der Waals surface area contributed by atoms with Crippen LogP contribution in [0.25, 0.3) is 0 Å². The Balaban J connectivity index is 1.07. The second kappa shape index (κ2) is 12.1. The maximum Gasteiger partial charge on any atom is 0.586 e. The van der Waals surface area contributed by atoms with Crippen LogP contribution in [-0.2, 0) is 17.8 Å². The monoisotopic (exact) mass is 560 g/mol. The minimum Gasteiger partial charge on any atom is -0.395 e. The summed E-state index contributed by atoms with van der Waals surface area (Å²) in [7, 11) is 2.15. The van der Waals surface area contributed by atoms with Crippen LogP contribution in [0.2, 0.25) is 0 Å². The fourth-order valence-corrected chi connectivity index (χ4v) is 4.98. The quantitative estimate of drug-likeness (QED) is 0.302. The highest BCUT2D eigenvalue weighted by atomic mass is 32.1. The van der Waals surface area contributed by atoms with E-state index in [1.54, 1.807) is 11.7 Å². The number of carbonyl (C=O) groups is 1. The number of fused-ring (bicyclic) bond motifs is 1. The summed E-state index contributed by atoms with van der Waals surface area (Å²) in [5.74, 6) is 0.623. The Morgan fingerprint density at radius 3 is 2.77 bits per heavy atom. The number of halogens is 2. The lowest BCUT2D eigenvalue weighted by atomic mass is 10.2. The van der Waals surface area contributed by atoms with Crippen LogP contribution in [0, 0.1) is 0 Å². The number of rotatable bonds is 11. The molecule has 4 heterocycles. The predicted octanol–water partition coefficient (Wildman–Crippen LogP) is 3.10. The van der Waals surface area contributed by atoms with Crippen molar-refractivity contribution in [3.63, 3.8) is 0 Å². The molecule has 2 aliphatic heterocycles. The first-order chi connectivity index (χ1) is 18.8. The second-order valence-electron chi connectivity index (χ2n) is 9.33. The number of hydrogen-bond donors (Lipinski definition) is 3. The van der Waals surface area contributed by atoms with Crippen LogP contribution < -0.4 is 25.4 Å². The van der Waals surface area contributed by atoms with Gasteiger partial charge in [-0.25, -0.2) is 15.0 Å². The summed E-state index contributed by atoms with van der Waals surface area (Å²) in [4.78, 5) is 31.4. The number of nitrogens with zero attached hydrogens (tertiary/aromatic N) is 5. The highest BCUT2D eigenvalue weighted by Crippen LogP contribution is 2.42. The number of ether oxygens (including phenoxy) is 2. The van der Waals surface area contributed by atoms with Gasteiger partial charge in [-0.3, -0.25) is 4.79 Å².